The van der Waals surface area contributed by atoms with Crippen molar-refractivity contribution in [1.29, 1.82) is 0 Å². The van der Waals surface area contributed by atoms with Crippen LogP contribution < -0.4 is 18.9 Å². The molecule has 0 unspecified atom stereocenters. The Morgan fingerprint density at radius 2 is 1.44 bits per heavy atom. The molecule has 0 bridgehead atoms. The number of ketones is 1. The molecule has 0 saturated heterocycles. The van der Waals surface area contributed by atoms with Gasteiger partial charge in [-0.1, -0.05) is 11.6 Å². The Hall–Kier alpha value is -2.40. The van der Waals surface area contributed by atoms with Crippen molar-refractivity contribution in [2.45, 2.75) is 13.8 Å². The summed E-state index contributed by atoms with van der Waals surface area (Å²) in [5, 5.41) is 0.487. The molecule has 0 saturated carbocycles. The summed E-state index contributed by atoms with van der Waals surface area (Å²) in [6, 6.07) is 5.11. The Kier molecular flexibility index (Phi) is 5.80. The highest BCUT2D eigenvalue weighted by Gasteiger charge is 2.28. The van der Waals surface area contributed by atoms with Crippen molar-refractivity contribution >= 4 is 17.4 Å². The molecule has 134 valence electrons. The van der Waals surface area contributed by atoms with E-state index < -0.39 is 0 Å². The minimum atomic E-state index is -0.257. The molecular formula is C19H21ClO5. The lowest BCUT2D eigenvalue weighted by Crippen LogP contribution is -2.11. The fraction of sp³-hybridized carbons (Fsp3) is 0.316. The van der Waals surface area contributed by atoms with Gasteiger partial charge in [-0.15, -0.1) is 0 Å². The lowest BCUT2D eigenvalue weighted by atomic mass is 9.93. The number of aryl methyl sites for hydroxylation is 1. The summed E-state index contributed by atoms with van der Waals surface area (Å²) in [4.78, 5) is 13.4. The molecule has 0 heterocycles. The van der Waals surface area contributed by atoms with Gasteiger partial charge in [-0.3, -0.25) is 4.79 Å². The number of halogens is 1. The molecule has 0 radical (unpaired) electrons. The molecule has 25 heavy (non-hydrogen) atoms. The van der Waals surface area contributed by atoms with E-state index >= 15 is 0 Å². The summed E-state index contributed by atoms with van der Waals surface area (Å²) in [5.74, 6) is 1.35. The maximum absolute atomic E-state index is 13.4. The molecule has 2 aromatic carbocycles. The van der Waals surface area contributed by atoms with Crippen LogP contribution in [-0.4, -0.2) is 34.2 Å². The number of ether oxygens (including phenoxy) is 4. The van der Waals surface area contributed by atoms with Crippen molar-refractivity contribution in [3.8, 4) is 23.0 Å². The first-order valence-electron chi connectivity index (χ1n) is 7.58. The van der Waals surface area contributed by atoms with Crippen LogP contribution in [0.5, 0.6) is 23.0 Å². The highest BCUT2D eigenvalue weighted by atomic mass is 35.5. The average molecular weight is 365 g/mol. The average Bonchev–Trinajstić information content (AvgIpc) is 2.61. The standard InChI is InChI=1S/C19H21ClO5/c1-10-9-14(23-4)18(24-5)19(25-6)15(10)17(21)16-11(2)12(20)7-8-13(16)22-3/h7-9H,1-6H3. The minimum Gasteiger partial charge on any atom is -0.496 e. The van der Waals surface area contributed by atoms with E-state index in [-0.39, 0.29) is 5.78 Å². The summed E-state index contributed by atoms with van der Waals surface area (Å²) >= 11 is 6.21. The maximum atomic E-state index is 13.4. The van der Waals surface area contributed by atoms with E-state index in [1.165, 1.54) is 28.4 Å². The van der Waals surface area contributed by atoms with Crippen molar-refractivity contribution in [3.05, 3.63) is 45.5 Å². The van der Waals surface area contributed by atoms with E-state index in [1.807, 2.05) is 6.92 Å². The predicted molar refractivity (Wildman–Crippen MR) is 97.0 cm³/mol. The molecule has 6 heteroatoms. The molecule has 0 aliphatic carbocycles. The molecule has 2 rings (SSSR count). The van der Waals surface area contributed by atoms with Gasteiger partial charge in [0, 0.05) is 5.02 Å². The third kappa shape index (κ3) is 3.24. The summed E-state index contributed by atoms with van der Waals surface area (Å²) in [6.07, 6.45) is 0. The molecule has 0 N–H and O–H groups in total. The molecule has 0 fully saturated rings. The fourth-order valence-electron chi connectivity index (χ4n) is 2.80. The number of rotatable bonds is 6. The molecular weight excluding hydrogens is 344 g/mol. The monoisotopic (exact) mass is 364 g/mol. The van der Waals surface area contributed by atoms with Crippen molar-refractivity contribution in [2.75, 3.05) is 28.4 Å². The van der Waals surface area contributed by atoms with Gasteiger partial charge in [0.25, 0.3) is 0 Å². The van der Waals surface area contributed by atoms with E-state index in [2.05, 4.69) is 0 Å². The fourth-order valence-corrected chi connectivity index (χ4v) is 2.96. The summed E-state index contributed by atoms with van der Waals surface area (Å²) < 4.78 is 21.6. The normalized spacial score (nSPS) is 10.4. The minimum absolute atomic E-state index is 0.257. The van der Waals surface area contributed by atoms with Gasteiger partial charge >= 0.3 is 0 Å². The molecule has 0 atom stereocenters. The van der Waals surface area contributed by atoms with Crippen LogP contribution in [0.1, 0.15) is 27.0 Å². The Morgan fingerprint density at radius 3 is 1.96 bits per heavy atom. The zero-order valence-electron chi connectivity index (χ0n) is 15.2. The Bertz CT molecular complexity index is 814. The Morgan fingerprint density at radius 1 is 0.840 bits per heavy atom. The predicted octanol–water partition coefficient (Wildman–Crippen LogP) is 4.22. The smallest absolute Gasteiger partial charge is 0.204 e. The first kappa shape index (κ1) is 18.9. The number of hydrogen-bond donors (Lipinski definition) is 0. The van der Waals surface area contributed by atoms with Crippen LogP contribution in [0.3, 0.4) is 0 Å². The van der Waals surface area contributed by atoms with E-state index in [4.69, 9.17) is 30.5 Å². The third-order valence-electron chi connectivity index (χ3n) is 4.06. The number of methoxy groups -OCH3 is 4. The van der Waals surface area contributed by atoms with Crippen LogP contribution in [0, 0.1) is 13.8 Å². The van der Waals surface area contributed by atoms with Crippen LogP contribution in [0.25, 0.3) is 0 Å². The van der Waals surface area contributed by atoms with E-state index in [0.29, 0.717) is 50.3 Å². The van der Waals surface area contributed by atoms with E-state index in [9.17, 15) is 4.79 Å². The zero-order chi connectivity index (χ0) is 18.7. The molecule has 0 spiro atoms. The lowest BCUT2D eigenvalue weighted by molar-refractivity contribution is 0.103. The van der Waals surface area contributed by atoms with Gasteiger partial charge in [0.05, 0.1) is 39.6 Å². The van der Waals surface area contributed by atoms with Gasteiger partial charge in [-0.2, -0.15) is 0 Å². The molecule has 0 amide bonds. The molecule has 0 aliphatic rings. The third-order valence-corrected chi connectivity index (χ3v) is 4.47. The van der Waals surface area contributed by atoms with Gasteiger partial charge in [0.15, 0.2) is 11.5 Å². The number of benzene rings is 2. The number of carbonyl (C=O) groups excluding carboxylic acids is 1. The highest BCUT2D eigenvalue weighted by molar-refractivity contribution is 6.32. The second kappa shape index (κ2) is 7.66. The first-order valence-corrected chi connectivity index (χ1v) is 7.96. The summed E-state index contributed by atoms with van der Waals surface area (Å²) in [5.41, 5.74) is 2.11. The SMILES string of the molecule is COc1cc(C)c(C(=O)c2c(OC)ccc(Cl)c2C)c(OC)c1OC. The van der Waals surface area contributed by atoms with Crippen LogP contribution >= 0.6 is 11.6 Å². The second-order valence-corrected chi connectivity index (χ2v) is 5.82. The zero-order valence-corrected chi connectivity index (χ0v) is 15.9. The van der Waals surface area contributed by atoms with Gasteiger partial charge in [-0.05, 0) is 43.2 Å². The van der Waals surface area contributed by atoms with Gasteiger partial charge in [-0.25, -0.2) is 0 Å². The topological polar surface area (TPSA) is 54.0 Å². The van der Waals surface area contributed by atoms with E-state index in [0.717, 1.165) is 0 Å². The van der Waals surface area contributed by atoms with Crippen molar-refractivity contribution in [2.24, 2.45) is 0 Å². The quantitative estimate of drug-likeness (QED) is 0.718. The van der Waals surface area contributed by atoms with Crippen molar-refractivity contribution in [3.63, 3.8) is 0 Å². The van der Waals surface area contributed by atoms with Crippen LogP contribution in [0.2, 0.25) is 5.02 Å². The number of carbonyl (C=O) groups is 1. The van der Waals surface area contributed by atoms with Crippen LogP contribution in [-0.2, 0) is 0 Å². The lowest BCUT2D eigenvalue weighted by Gasteiger charge is -2.19. The molecule has 5 nitrogen and oxygen atoms in total. The maximum Gasteiger partial charge on any atom is 0.204 e. The molecule has 0 aliphatic heterocycles. The Balaban J connectivity index is 2.79. The first-order chi connectivity index (χ1) is 11.9. The Labute approximate surface area is 152 Å². The van der Waals surface area contributed by atoms with Gasteiger partial charge < -0.3 is 18.9 Å². The van der Waals surface area contributed by atoms with Crippen LogP contribution in [0.15, 0.2) is 18.2 Å². The summed E-state index contributed by atoms with van der Waals surface area (Å²) in [7, 11) is 6.02. The number of hydrogen-bond acceptors (Lipinski definition) is 5. The van der Waals surface area contributed by atoms with Gasteiger partial charge in [0.1, 0.15) is 5.75 Å². The van der Waals surface area contributed by atoms with Crippen molar-refractivity contribution in [1.82, 2.24) is 0 Å². The van der Waals surface area contributed by atoms with E-state index in [1.54, 1.807) is 25.1 Å². The van der Waals surface area contributed by atoms with Crippen LogP contribution in [0.4, 0.5) is 0 Å². The molecule has 2 aromatic rings. The largest absolute Gasteiger partial charge is 0.496 e. The summed E-state index contributed by atoms with van der Waals surface area (Å²) in [6.45, 7) is 3.59. The van der Waals surface area contributed by atoms with Gasteiger partial charge in [0.2, 0.25) is 11.5 Å². The van der Waals surface area contributed by atoms with Crippen molar-refractivity contribution < 1.29 is 23.7 Å². The highest BCUT2D eigenvalue weighted by Crippen LogP contribution is 2.43. The molecule has 0 aromatic heterocycles. The second-order valence-electron chi connectivity index (χ2n) is 5.42.